The third-order valence-electron chi connectivity index (χ3n) is 3.82. The van der Waals surface area contributed by atoms with Gasteiger partial charge in [0.1, 0.15) is 11.1 Å². The molecule has 2 aromatic carbocycles. The summed E-state index contributed by atoms with van der Waals surface area (Å²) in [5.41, 5.74) is -0.0693. The summed E-state index contributed by atoms with van der Waals surface area (Å²) >= 11 is 0. The van der Waals surface area contributed by atoms with E-state index in [0.29, 0.717) is 5.39 Å². The van der Waals surface area contributed by atoms with E-state index < -0.39 is 16.5 Å². The van der Waals surface area contributed by atoms with E-state index in [2.05, 4.69) is 5.32 Å². The van der Waals surface area contributed by atoms with E-state index in [-0.39, 0.29) is 22.9 Å². The Morgan fingerprint density at radius 3 is 2.56 bits per heavy atom. The summed E-state index contributed by atoms with van der Waals surface area (Å²) in [6, 6.07) is 14.1. The van der Waals surface area contributed by atoms with Crippen LogP contribution in [0, 0.1) is 10.1 Å². The zero-order valence-corrected chi connectivity index (χ0v) is 13.3. The van der Waals surface area contributed by atoms with E-state index in [1.807, 2.05) is 30.3 Å². The number of nitro groups is 1. The van der Waals surface area contributed by atoms with Crippen molar-refractivity contribution in [3.63, 3.8) is 0 Å². The number of non-ortho nitro benzene ring substituents is 1. The summed E-state index contributed by atoms with van der Waals surface area (Å²) in [6.07, 6.45) is 0. The Balaban J connectivity index is 1.94. The molecule has 1 N–H and O–H groups in total. The molecule has 0 saturated carbocycles. The molecule has 7 nitrogen and oxygen atoms in total. The van der Waals surface area contributed by atoms with Gasteiger partial charge in [-0.3, -0.25) is 14.9 Å². The molecule has 0 bridgehead atoms. The minimum atomic E-state index is -0.792. The van der Waals surface area contributed by atoms with Gasteiger partial charge >= 0.3 is 5.63 Å². The number of fused-ring (bicyclic) bond motifs is 1. The van der Waals surface area contributed by atoms with E-state index in [4.69, 9.17) is 4.42 Å². The minimum Gasteiger partial charge on any atom is -0.422 e. The van der Waals surface area contributed by atoms with Crippen molar-refractivity contribution in [2.75, 3.05) is 0 Å². The van der Waals surface area contributed by atoms with Crippen LogP contribution in [0.15, 0.2) is 63.8 Å². The molecule has 3 rings (SSSR count). The smallest absolute Gasteiger partial charge is 0.349 e. The fourth-order valence-electron chi connectivity index (χ4n) is 2.48. The third-order valence-corrected chi connectivity index (χ3v) is 3.82. The molecular weight excluding hydrogens is 324 g/mol. The number of carbonyl (C=O) groups is 1. The van der Waals surface area contributed by atoms with Gasteiger partial charge in [0.2, 0.25) is 0 Å². The van der Waals surface area contributed by atoms with Gasteiger partial charge < -0.3 is 9.73 Å². The number of nitro benzene ring substituents is 1. The number of amides is 1. The van der Waals surface area contributed by atoms with Crippen molar-refractivity contribution < 1.29 is 14.1 Å². The Morgan fingerprint density at radius 2 is 1.88 bits per heavy atom. The average molecular weight is 338 g/mol. The molecule has 1 unspecified atom stereocenters. The molecule has 0 fully saturated rings. The summed E-state index contributed by atoms with van der Waals surface area (Å²) in [5.74, 6) is -0.599. The molecule has 1 aromatic heterocycles. The highest BCUT2D eigenvalue weighted by atomic mass is 16.6. The first-order valence-electron chi connectivity index (χ1n) is 7.54. The highest BCUT2D eigenvalue weighted by Crippen LogP contribution is 2.21. The quantitative estimate of drug-likeness (QED) is 0.447. The molecular formula is C18H14N2O5. The Morgan fingerprint density at radius 1 is 1.16 bits per heavy atom. The van der Waals surface area contributed by atoms with Crippen LogP contribution in [-0.4, -0.2) is 10.8 Å². The van der Waals surface area contributed by atoms with Crippen molar-refractivity contribution >= 4 is 22.6 Å². The number of hydrogen-bond acceptors (Lipinski definition) is 5. The standard InChI is InChI=1S/C18H14N2O5/c1-11(12-5-3-2-4-6-12)19-17(21)15-10-13-9-14(20(23)24)7-8-16(13)25-18(15)22/h2-11H,1H3,(H,19,21). The van der Waals surface area contributed by atoms with Crippen LogP contribution in [0.25, 0.3) is 11.0 Å². The molecule has 1 atom stereocenters. The second-order valence-electron chi connectivity index (χ2n) is 5.53. The molecule has 1 heterocycles. The van der Waals surface area contributed by atoms with Crippen molar-refractivity contribution in [3.8, 4) is 0 Å². The predicted octanol–water partition coefficient (Wildman–Crippen LogP) is 3.19. The largest absolute Gasteiger partial charge is 0.422 e. The number of carbonyl (C=O) groups excluding carboxylic acids is 1. The molecule has 3 aromatic rings. The molecule has 1 amide bonds. The van der Waals surface area contributed by atoms with E-state index in [1.165, 1.54) is 24.3 Å². The van der Waals surface area contributed by atoms with Crippen LogP contribution in [0.4, 0.5) is 5.69 Å². The van der Waals surface area contributed by atoms with E-state index in [9.17, 15) is 19.7 Å². The fourth-order valence-corrected chi connectivity index (χ4v) is 2.48. The number of hydrogen-bond donors (Lipinski definition) is 1. The van der Waals surface area contributed by atoms with Gasteiger partial charge in [0, 0.05) is 17.5 Å². The average Bonchev–Trinajstić information content (AvgIpc) is 2.61. The van der Waals surface area contributed by atoms with Crippen LogP contribution in [0.2, 0.25) is 0 Å². The van der Waals surface area contributed by atoms with Crippen molar-refractivity contribution in [1.82, 2.24) is 5.32 Å². The number of rotatable bonds is 4. The molecule has 0 radical (unpaired) electrons. The molecule has 25 heavy (non-hydrogen) atoms. The van der Waals surface area contributed by atoms with Crippen LogP contribution in [0.1, 0.15) is 28.9 Å². The van der Waals surface area contributed by atoms with Gasteiger partial charge in [0.05, 0.1) is 11.0 Å². The minimum absolute atomic E-state index is 0.148. The van der Waals surface area contributed by atoms with Gasteiger partial charge in [-0.15, -0.1) is 0 Å². The van der Waals surface area contributed by atoms with Crippen LogP contribution in [0.3, 0.4) is 0 Å². The zero-order chi connectivity index (χ0) is 18.0. The highest BCUT2D eigenvalue weighted by molar-refractivity contribution is 5.97. The lowest BCUT2D eigenvalue weighted by Gasteiger charge is -2.13. The maximum atomic E-state index is 12.4. The SMILES string of the molecule is CC(NC(=O)c1cc2cc([N+](=O)[O-])ccc2oc1=O)c1ccccc1. The first-order chi connectivity index (χ1) is 12.0. The van der Waals surface area contributed by atoms with Crippen LogP contribution >= 0.6 is 0 Å². The predicted molar refractivity (Wildman–Crippen MR) is 91.5 cm³/mol. The third kappa shape index (κ3) is 3.40. The fraction of sp³-hybridized carbons (Fsp3) is 0.111. The Labute approximate surface area is 142 Å². The monoisotopic (exact) mass is 338 g/mol. The summed E-state index contributed by atoms with van der Waals surface area (Å²) in [6.45, 7) is 1.79. The van der Waals surface area contributed by atoms with E-state index in [1.54, 1.807) is 6.92 Å². The second kappa shape index (κ2) is 6.56. The molecule has 0 aliphatic heterocycles. The summed E-state index contributed by atoms with van der Waals surface area (Å²) in [5, 5.41) is 13.9. The summed E-state index contributed by atoms with van der Waals surface area (Å²) < 4.78 is 5.10. The Hall–Kier alpha value is -3.48. The van der Waals surface area contributed by atoms with Gasteiger partial charge in [-0.1, -0.05) is 30.3 Å². The lowest BCUT2D eigenvalue weighted by molar-refractivity contribution is -0.384. The lowest BCUT2D eigenvalue weighted by atomic mass is 10.1. The highest BCUT2D eigenvalue weighted by Gasteiger charge is 2.18. The first-order valence-corrected chi connectivity index (χ1v) is 7.54. The maximum absolute atomic E-state index is 12.4. The molecule has 0 saturated heterocycles. The van der Waals surface area contributed by atoms with Crippen LogP contribution in [-0.2, 0) is 0 Å². The number of nitrogens with zero attached hydrogens (tertiary/aromatic N) is 1. The van der Waals surface area contributed by atoms with E-state index in [0.717, 1.165) is 5.56 Å². The van der Waals surface area contributed by atoms with Gasteiger partial charge in [-0.05, 0) is 24.6 Å². The normalized spacial score (nSPS) is 11.9. The van der Waals surface area contributed by atoms with Gasteiger partial charge in [0.25, 0.3) is 11.6 Å². The van der Waals surface area contributed by atoms with Crippen LogP contribution in [0.5, 0.6) is 0 Å². The molecule has 0 spiro atoms. The van der Waals surface area contributed by atoms with Crippen molar-refractivity contribution in [3.05, 3.63) is 86.3 Å². The van der Waals surface area contributed by atoms with Crippen LogP contribution < -0.4 is 10.9 Å². The van der Waals surface area contributed by atoms with Crippen molar-refractivity contribution in [1.29, 1.82) is 0 Å². The molecule has 0 aliphatic rings. The van der Waals surface area contributed by atoms with Gasteiger partial charge in [-0.2, -0.15) is 0 Å². The topological polar surface area (TPSA) is 102 Å². The molecule has 7 heteroatoms. The van der Waals surface area contributed by atoms with E-state index >= 15 is 0 Å². The zero-order valence-electron chi connectivity index (χ0n) is 13.3. The first kappa shape index (κ1) is 16.4. The summed E-state index contributed by atoms with van der Waals surface area (Å²) in [4.78, 5) is 34.8. The summed E-state index contributed by atoms with van der Waals surface area (Å²) in [7, 11) is 0. The van der Waals surface area contributed by atoms with Gasteiger partial charge in [0.15, 0.2) is 0 Å². The maximum Gasteiger partial charge on any atom is 0.349 e. The van der Waals surface area contributed by atoms with Gasteiger partial charge in [-0.25, -0.2) is 4.79 Å². The molecule has 126 valence electrons. The lowest BCUT2D eigenvalue weighted by Crippen LogP contribution is -2.30. The second-order valence-corrected chi connectivity index (χ2v) is 5.53. The van der Waals surface area contributed by atoms with Crippen molar-refractivity contribution in [2.24, 2.45) is 0 Å². The Bertz CT molecular complexity index is 1010. The number of nitrogens with one attached hydrogen (secondary N) is 1. The Kier molecular flexibility index (Phi) is 4.30. The molecule has 0 aliphatic carbocycles. The number of benzene rings is 2. The van der Waals surface area contributed by atoms with Crippen molar-refractivity contribution in [2.45, 2.75) is 13.0 Å².